The molecule has 0 radical (unpaired) electrons. The zero-order chi connectivity index (χ0) is 17.2. The van der Waals surface area contributed by atoms with Crippen molar-refractivity contribution in [3.05, 3.63) is 29.8 Å². The van der Waals surface area contributed by atoms with Gasteiger partial charge in [0.25, 0.3) is 0 Å². The minimum absolute atomic E-state index is 0.0903. The van der Waals surface area contributed by atoms with Crippen molar-refractivity contribution in [1.29, 1.82) is 0 Å². The highest BCUT2D eigenvalue weighted by atomic mass is 16.5. The van der Waals surface area contributed by atoms with E-state index in [1.54, 1.807) is 0 Å². The first kappa shape index (κ1) is 18.8. The standard InChI is InChI=1S/C20H31NO3/c1-16-8-2-5-12-19(16)24-15-7-13-20(23)21-14-6-10-17-9-3-4-11-18(17)22/h2,5,8,12,17-18,22H,3-4,6-7,9-11,13-15H2,1H3,(H,21,23)/t17-,18-/m0/s1. The van der Waals surface area contributed by atoms with Gasteiger partial charge in [0, 0.05) is 13.0 Å². The summed E-state index contributed by atoms with van der Waals surface area (Å²) in [5.41, 5.74) is 1.12. The zero-order valence-corrected chi connectivity index (χ0v) is 14.8. The van der Waals surface area contributed by atoms with Gasteiger partial charge in [-0.2, -0.15) is 0 Å². The third-order valence-corrected chi connectivity index (χ3v) is 4.84. The van der Waals surface area contributed by atoms with Crippen LogP contribution in [0.2, 0.25) is 0 Å². The van der Waals surface area contributed by atoms with E-state index in [2.05, 4.69) is 5.32 Å². The summed E-state index contributed by atoms with van der Waals surface area (Å²) in [6.07, 6.45) is 7.51. The largest absolute Gasteiger partial charge is 0.493 e. The van der Waals surface area contributed by atoms with Gasteiger partial charge >= 0.3 is 0 Å². The highest BCUT2D eigenvalue weighted by molar-refractivity contribution is 5.75. The number of carbonyl (C=O) groups excluding carboxylic acids is 1. The summed E-state index contributed by atoms with van der Waals surface area (Å²) < 4.78 is 5.70. The molecule has 0 heterocycles. The normalized spacial score (nSPS) is 20.6. The van der Waals surface area contributed by atoms with Crippen molar-refractivity contribution >= 4 is 5.91 Å². The van der Waals surface area contributed by atoms with Crippen LogP contribution in [0.1, 0.15) is 56.9 Å². The van der Waals surface area contributed by atoms with Gasteiger partial charge in [-0.05, 0) is 56.6 Å². The van der Waals surface area contributed by atoms with Crippen LogP contribution >= 0.6 is 0 Å². The predicted molar refractivity (Wildman–Crippen MR) is 96.1 cm³/mol. The molecule has 2 rings (SSSR count). The monoisotopic (exact) mass is 333 g/mol. The van der Waals surface area contributed by atoms with Gasteiger partial charge < -0.3 is 15.2 Å². The van der Waals surface area contributed by atoms with E-state index >= 15 is 0 Å². The number of aliphatic hydroxyl groups is 1. The molecule has 1 aromatic rings. The van der Waals surface area contributed by atoms with E-state index in [9.17, 15) is 9.90 Å². The Morgan fingerprint density at radius 2 is 2.04 bits per heavy atom. The van der Waals surface area contributed by atoms with Gasteiger partial charge in [0.2, 0.25) is 5.91 Å². The lowest BCUT2D eigenvalue weighted by atomic mass is 9.83. The summed E-state index contributed by atoms with van der Waals surface area (Å²) >= 11 is 0. The molecule has 0 saturated heterocycles. The van der Waals surface area contributed by atoms with E-state index in [-0.39, 0.29) is 12.0 Å². The summed E-state index contributed by atoms with van der Waals surface area (Å²) in [4.78, 5) is 11.8. The van der Waals surface area contributed by atoms with Crippen LogP contribution in [0.5, 0.6) is 5.75 Å². The lowest BCUT2D eigenvalue weighted by Crippen LogP contribution is -2.28. The van der Waals surface area contributed by atoms with Crippen LogP contribution in [0.4, 0.5) is 0 Å². The van der Waals surface area contributed by atoms with Crippen LogP contribution < -0.4 is 10.1 Å². The number of amides is 1. The summed E-state index contributed by atoms with van der Waals surface area (Å²) in [7, 11) is 0. The fourth-order valence-electron chi connectivity index (χ4n) is 3.34. The Kier molecular flexibility index (Phi) is 8.10. The molecule has 4 heteroatoms. The highest BCUT2D eigenvalue weighted by Gasteiger charge is 2.22. The number of hydrogen-bond acceptors (Lipinski definition) is 3. The quantitative estimate of drug-likeness (QED) is 0.679. The number of aryl methyl sites for hydroxylation is 1. The lowest BCUT2D eigenvalue weighted by Gasteiger charge is -2.27. The molecule has 0 spiro atoms. The number of ether oxygens (including phenoxy) is 1. The Labute approximate surface area is 145 Å². The first-order chi connectivity index (χ1) is 11.7. The SMILES string of the molecule is Cc1ccccc1OCCCC(=O)NCCC[C@@H]1CCCC[C@@H]1O. The highest BCUT2D eigenvalue weighted by Crippen LogP contribution is 2.27. The molecule has 1 fully saturated rings. The average molecular weight is 333 g/mol. The average Bonchev–Trinajstić information content (AvgIpc) is 2.58. The van der Waals surface area contributed by atoms with Gasteiger partial charge in [0.1, 0.15) is 5.75 Å². The van der Waals surface area contributed by atoms with E-state index in [0.717, 1.165) is 49.8 Å². The second-order valence-corrected chi connectivity index (χ2v) is 6.82. The summed E-state index contributed by atoms with van der Waals surface area (Å²) in [6, 6.07) is 7.92. The third kappa shape index (κ3) is 6.52. The fourth-order valence-corrected chi connectivity index (χ4v) is 3.34. The third-order valence-electron chi connectivity index (χ3n) is 4.84. The summed E-state index contributed by atoms with van der Waals surface area (Å²) in [6.45, 7) is 3.29. The maximum absolute atomic E-state index is 11.8. The minimum Gasteiger partial charge on any atom is -0.493 e. The van der Waals surface area contributed by atoms with E-state index < -0.39 is 0 Å². The molecule has 134 valence electrons. The molecule has 0 unspecified atom stereocenters. The maximum Gasteiger partial charge on any atom is 0.220 e. The maximum atomic E-state index is 11.8. The Hall–Kier alpha value is -1.55. The number of nitrogens with one attached hydrogen (secondary N) is 1. The van der Waals surface area contributed by atoms with Crippen molar-refractivity contribution in [2.24, 2.45) is 5.92 Å². The first-order valence-corrected chi connectivity index (χ1v) is 9.30. The van der Waals surface area contributed by atoms with Crippen molar-refractivity contribution in [3.63, 3.8) is 0 Å². The number of hydrogen-bond donors (Lipinski definition) is 2. The number of carbonyl (C=O) groups is 1. The molecule has 0 bridgehead atoms. The number of para-hydroxylation sites is 1. The predicted octanol–water partition coefficient (Wildman–Crippen LogP) is 3.60. The van der Waals surface area contributed by atoms with Crippen molar-refractivity contribution in [3.8, 4) is 5.75 Å². The lowest BCUT2D eigenvalue weighted by molar-refractivity contribution is -0.121. The Morgan fingerprint density at radius 3 is 2.83 bits per heavy atom. The smallest absolute Gasteiger partial charge is 0.220 e. The molecule has 1 aromatic carbocycles. The van der Waals surface area contributed by atoms with Crippen LogP contribution in [0, 0.1) is 12.8 Å². The van der Waals surface area contributed by atoms with Crippen molar-refractivity contribution in [2.45, 2.75) is 64.4 Å². The van der Waals surface area contributed by atoms with E-state index in [1.165, 1.54) is 6.42 Å². The van der Waals surface area contributed by atoms with Crippen molar-refractivity contribution in [1.82, 2.24) is 5.32 Å². The Morgan fingerprint density at radius 1 is 1.25 bits per heavy atom. The van der Waals surface area contributed by atoms with Crippen LogP contribution in [0.3, 0.4) is 0 Å². The molecule has 0 aliphatic heterocycles. The molecule has 1 aliphatic carbocycles. The number of benzene rings is 1. The molecule has 1 aliphatic rings. The molecule has 1 saturated carbocycles. The molecule has 1 amide bonds. The number of rotatable bonds is 9. The number of aliphatic hydroxyl groups excluding tert-OH is 1. The Bertz CT molecular complexity index is 503. The summed E-state index contributed by atoms with van der Waals surface area (Å²) in [5, 5.41) is 12.9. The van der Waals surface area contributed by atoms with E-state index in [0.29, 0.717) is 25.5 Å². The second-order valence-electron chi connectivity index (χ2n) is 6.82. The van der Waals surface area contributed by atoms with Gasteiger partial charge in [-0.1, -0.05) is 31.0 Å². The zero-order valence-electron chi connectivity index (χ0n) is 14.8. The topological polar surface area (TPSA) is 58.6 Å². The van der Waals surface area contributed by atoms with Crippen molar-refractivity contribution < 1.29 is 14.6 Å². The van der Waals surface area contributed by atoms with Crippen molar-refractivity contribution in [2.75, 3.05) is 13.2 Å². The van der Waals surface area contributed by atoms with Crippen LogP contribution in [-0.4, -0.2) is 30.3 Å². The van der Waals surface area contributed by atoms with Crippen LogP contribution in [0.25, 0.3) is 0 Å². The molecule has 2 N–H and O–H groups in total. The molecular formula is C20H31NO3. The fraction of sp³-hybridized carbons (Fsp3) is 0.650. The van der Waals surface area contributed by atoms with E-state index in [4.69, 9.17) is 4.74 Å². The van der Waals surface area contributed by atoms with Gasteiger partial charge in [-0.15, -0.1) is 0 Å². The second kappa shape index (κ2) is 10.3. The first-order valence-electron chi connectivity index (χ1n) is 9.30. The van der Waals surface area contributed by atoms with Crippen LogP contribution in [0.15, 0.2) is 24.3 Å². The van der Waals surface area contributed by atoms with Crippen LogP contribution in [-0.2, 0) is 4.79 Å². The van der Waals surface area contributed by atoms with Gasteiger partial charge in [0.15, 0.2) is 0 Å². The summed E-state index contributed by atoms with van der Waals surface area (Å²) in [5.74, 6) is 1.41. The van der Waals surface area contributed by atoms with Gasteiger partial charge in [-0.25, -0.2) is 0 Å². The molecule has 2 atom stereocenters. The molecule has 0 aromatic heterocycles. The van der Waals surface area contributed by atoms with Gasteiger partial charge in [0.05, 0.1) is 12.7 Å². The molecule has 4 nitrogen and oxygen atoms in total. The van der Waals surface area contributed by atoms with Gasteiger partial charge in [-0.3, -0.25) is 4.79 Å². The molecule has 24 heavy (non-hydrogen) atoms. The molecular weight excluding hydrogens is 302 g/mol. The minimum atomic E-state index is -0.131. The van der Waals surface area contributed by atoms with E-state index in [1.807, 2.05) is 31.2 Å². The Balaban J connectivity index is 1.50.